The van der Waals surface area contributed by atoms with Crippen molar-refractivity contribution < 1.29 is 67.1 Å². The maximum Gasteiger partial charge on any atom is 0.407 e. The Balaban J connectivity index is 3.32. The molecule has 17 nitrogen and oxygen atoms in total. The first-order valence-corrected chi connectivity index (χ1v) is 30.5. The van der Waals surface area contributed by atoms with Gasteiger partial charge in [-0.15, -0.1) is 0 Å². The van der Waals surface area contributed by atoms with E-state index in [1.54, 1.807) is 20.8 Å². The first kappa shape index (κ1) is 71.0. The quantitative estimate of drug-likeness (QED) is 0.0252. The van der Waals surface area contributed by atoms with E-state index in [0.29, 0.717) is 19.3 Å². The van der Waals surface area contributed by atoms with Gasteiger partial charge in [0.1, 0.15) is 23.9 Å². The van der Waals surface area contributed by atoms with Crippen LogP contribution in [0, 0.1) is 0 Å². The highest BCUT2D eigenvalue weighted by molar-refractivity contribution is 5.83. The predicted molar refractivity (Wildman–Crippen MR) is 300 cm³/mol. The molecule has 0 spiro atoms. The van der Waals surface area contributed by atoms with E-state index in [1.165, 1.54) is 109 Å². The van der Waals surface area contributed by atoms with Crippen molar-refractivity contribution in [1.82, 2.24) is 16.0 Å². The van der Waals surface area contributed by atoms with E-state index in [9.17, 15) is 38.7 Å². The van der Waals surface area contributed by atoms with Crippen LogP contribution in [0.15, 0.2) is 0 Å². The third-order valence-corrected chi connectivity index (χ3v) is 13.8. The number of carboxylic acids is 1. The van der Waals surface area contributed by atoms with Gasteiger partial charge in [0.2, 0.25) is 11.8 Å². The summed E-state index contributed by atoms with van der Waals surface area (Å²) in [6.45, 7) is 12.9. The molecule has 0 unspecified atom stereocenters. The lowest BCUT2D eigenvalue weighted by Crippen LogP contribution is -2.67. The summed E-state index contributed by atoms with van der Waals surface area (Å²) in [5, 5.41) is 18.2. The molecule has 1 fully saturated rings. The van der Waals surface area contributed by atoms with Gasteiger partial charge >= 0.3 is 30.0 Å². The number of hydrogen-bond donors (Lipinski definition) is 4. The van der Waals surface area contributed by atoms with Crippen molar-refractivity contribution in [1.29, 1.82) is 0 Å². The number of carboxylic acid groups (broad SMARTS) is 1. The standard InChI is InChI=1S/C60H109N3O14/c1-9-12-15-18-21-24-26-29-32-35-38-41-51(66)62-49(57(69)70)45-72-58-54(56(74-47(5)65)55(73-46(4)64)50(76-58)44-61-59(71)77-60(6,7)8)63-52(67)43-48(40-37-34-31-28-23-20-17-14-11-3)75-53(68)42-39-36-33-30-27-25-22-19-16-13-10-2/h48-50,54-56,58H,9-45H2,1-8H3,(H,61,71)(H,62,66)(H,63,67)(H,69,70)/t48-,49+,50-,54-,55-,56-,58-/m1/s1. The van der Waals surface area contributed by atoms with Crippen molar-refractivity contribution in [3.05, 3.63) is 0 Å². The molecule has 0 aromatic heterocycles. The molecule has 1 rings (SSSR count). The number of ether oxygens (including phenoxy) is 6. The average molecular weight is 1100 g/mol. The van der Waals surface area contributed by atoms with Crippen molar-refractivity contribution in [2.45, 2.75) is 329 Å². The Hall–Kier alpha value is -3.99. The lowest BCUT2D eigenvalue weighted by molar-refractivity contribution is -0.271. The Morgan fingerprint density at radius 2 is 0.987 bits per heavy atom. The molecule has 0 radical (unpaired) electrons. The molecule has 7 atom stereocenters. The largest absolute Gasteiger partial charge is 0.480 e. The summed E-state index contributed by atoms with van der Waals surface area (Å²) in [7, 11) is 0. The van der Waals surface area contributed by atoms with Gasteiger partial charge in [-0.05, 0) is 46.5 Å². The van der Waals surface area contributed by atoms with Crippen LogP contribution in [-0.4, -0.2) is 108 Å². The second-order valence-electron chi connectivity index (χ2n) is 22.5. The molecule has 1 aliphatic heterocycles. The number of rotatable bonds is 47. The fourth-order valence-electron chi connectivity index (χ4n) is 9.62. The molecule has 77 heavy (non-hydrogen) atoms. The third kappa shape index (κ3) is 38.3. The molecule has 1 saturated heterocycles. The minimum atomic E-state index is -1.59. The second-order valence-corrected chi connectivity index (χ2v) is 22.5. The van der Waals surface area contributed by atoms with Gasteiger partial charge in [0.25, 0.3) is 0 Å². The van der Waals surface area contributed by atoms with Crippen LogP contribution in [0.3, 0.4) is 0 Å². The van der Waals surface area contributed by atoms with Crippen LogP contribution in [0.4, 0.5) is 4.79 Å². The molecule has 448 valence electrons. The summed E-state index contributed by atoms with van der Waals surface area (Å²) in [5.41, 5.74) is -0.871. The van der Waals surface area contributed by atoms with Gasteiger partial charge in [-0.1, -0.05) is 201 Å². The highest BCUT2D eigenvalue weighted by atomic mass is 16.7. The lowest BCUT2D eigenvalue weighted by atomic mass is 9.95. The van der Waals surface area contributed by atoms with E-state index >= 15 is 0 Å². The van der Waals surface area contributed by atoms with Crippen LogP contribution in [0.2, 0.25) is 0 Å². The zero-order valence-corrected chi connectivity index (χ0v) is 49.5. The van der Waals surface area contributed by atoms with Crippen LogP contribution in [0.5, 0.6) is 0 Å². The van der Waals surface area contributed by atoms with Gasteiger partial charge in [0, 0.05) is 26.7 Å². The van der Waals surface area contributed by atoms with Crippen LogP contribution >= 0.6 is 0 Å². The summed E-state index contributed by atoms with van der Waals surface area (Å²) in [6, 6.07) is -2.98. The SMILES string of the molecule is CCCCCCCCCCCCCC(=O)N[C@@H](CO[C@@H]1O[C@H](CNC(=O)OC(C)(C)C)[C@@H](OC(C)=O)[C@H](OC(C)=O)[C@H]1NC(=O)C[C@@H](CCCCCCCCCCC)OC(=O)CCCCCCCCCCCCC)C(=O)O. The summed E-state index contributed by atoms with van der Waals surface area (Å²) in [4.78, 5) is 91.8. The first-order valence-electron chi connectivity index (χ1n) is 30.5. The van der Waals surface area contributed by atoms with Crippen LogP contribution in [0.25, 0.3) is 0 Å². The number of carbonyl (C=O) groups excluding carboxylic acids is 6. The summed E-state index contributed by atoms with van der Waals surface area (Å²) < 4.78 is 35.4. The minimum Gasteiger partial charge on any atom is -0.480 e. The maximum atomic E-state index is 14.3. The number of aliphatic carboxylic acids is 1. The molecule has 1 heterocycles. The maximum absolute atomic E-state index is 14.3. The van der Waals surface area contributed by atoms with Gasteiger partial charge in [-0.25, -0.2) is 9.59 Å². The monoisotopic (exact) mass is 1100 g/mol. The number of hydrogen-bond acceptors (Lipinski definition) is 13. The molecule has 4 N–H and O–H groups in total. The number of nitrogens with one attached hydrogen (secondary N) is 3. The zero-order chi connectivity index (χ0) is 57.1. The molecular weight excluding hydrogens is 987 g/mol. The molecule has 0 aromatic rings. The van der Waals surface area contributed by atoms with Gasteiger partial charge < -0.3 is 49.5 Å². The van der Waals surface area contributed by atoms with E-state index in [4.69, 9.17) is 28.4 Å². The third-order valence-electron chi connectivity index (χ3n) is 13.8. The molecule has 1 aliphatic rings. The van der Waals surface area contributed by atoms with Crippen molar-refractivity contribution in [2.75, 3.05) is 13.2 Å². The Morgan fingerprint density at radius 1 is 0.558 bits per heavy atom. The summed E-state index contributed by atoms with van der Waals surface area (Å²) in [5.74, 6) is -4.50. The van der Waals surface area contributed by atoms with Crippen LogP contribution < -0.4 is 16.0 Å². The van der Waals surface area contributed by atoms with Crippen LogP contribution in [0.1, 0.15) is 280 Å². The zero-order valence-electron chi connectivity index (χ0n) is 49.5. The minimum absolute atomic E-state index is 0.112. The smallest absolute Gasteiger partial charge is 0.407 e. The van der Waals surface area contributed by atoms with E-state index in [2.05, 4.69) is 36.7 Å². The number of unbranched alkanes of at least 4 members (excludes halogenated alkanes) is 28. The number of amides is 3. The van der Waals surface area contributed by atoms with Crippen LogP contribution in [-0.2, 0) is 57.2 Å². The Morgan fingerprint density at radius 3 is 1.43 bits per heavy atom. The van der Waals surface area contributed by atoms with E-state index in [0.717, 1.165) is 90.9 Å². The van der Waals surface area contributed by atoms with Crippen molar-refractivity contribution in [3.63, 3.8) is 0 Å². The number of carbonyl (C=O) groups is 7. The number of alkyl carbamates (subject to hydrolysis) is 1. The second kappa shape index (κ2) is 44.8. The highest BCUT2D eigenvalue weighted by Crippen LogP contribution is 2.29. The van der Waals surface area contributed by atoms with Crippen molar-refractivity contribution >= 4 is 41.8 Å². The fourth-order valence-corrected chi connectivity index (χ4v) is 9.62. The van der Waals surface area contributed by atoms with E-state index in [-0.39, 0.29) is 25.8 Å². The average Bonchev–Trinajstić information content (AvgIpc) is 3.35. The summed E-state index contributed by atoms with van der Waals surface area (Å²) in [6.07, 6.45) is 27.3. The van der Waals surface area contributed by atoms with Gasteiger partial charge in [-0.2, -0.15) is 0 Å². The normalized spacial score (nSPS) is 18.2. The Labute approximate surface area is 465 Å². The van der Waals surface area contributed by atoms with Gasteiger partial charge in [-0.3, -0.25) is 24.0 Å². The first-order chi connectivity index (χ1) is 36.9. The van der Waals surface area contributed by atoms with Gasteiger partial charge in [0.05, 0.1) is 19.6 Å². The summed E-state index contributed by atoms with van der Waals surface area (Å²) >= 11 is 0. The number of esters is 3. The topological polar surface area (TPSA) is 231 Å². The molecular formula is C60H109N3O14. The molecule has 0 aromatic carbocycles. The van der Waals surface area contributed by atoms with Gasteiger partial charge in [0.15, 0.2) is 24.5 Å². The molecule has 3 amide bonds. The molecule has 0 bridgehead atoms. The predicted octanol–water partition coefficient (Wildman–Crippen LogP) is 12.8. The fraction of sp³-hybridized carbons (Fsp3) is 0.883. The molecule has 17 heteroatoms. The Bertz CT molecular complexity index is 1610. The van der Waals surface area contributed by atoms with Crippen molar-refractivity contribution in [2.24, 2.45) is 0 Å². The van der Waals surface area contributed by atoms with E-state index in [1.807, 2.05) is 0 Å². The molecule has 0 aliphatic carbocycles. The molecule has 0 saturated carbocycles. The highest BCUT2D eigenvalue weighted by Gasteiger charge is 2.51. The van der Waals surface area contributed by atoms with E-state index < -0.39 is 96.8 Å². The lowest BCUT2D eigenvalue weighted by Gasteiger charge is -2.45. The van der Waals surface area contributed by atoms with Crippen molar-refractivity contribution in [3.8, 4) is 0 Å². The Kier molecular flexibility index (Phi) is 41.3.